The molecule has 2 atom stereocenters. The Hall–Kier alpha value is -1.74. The van der Waals surface area contributed by atoms with Gasteiger partial charge in [-0.2, -0.15) is 4.31 Å². The molecule has 2 unspecified atom stereocenters. The van der Waals surface area contributed by atoms with Gasteiger partial charge in [0.25, 0.3) is 0 Å². The van der Waals surface area contributed by atoms with Gasteiger partial charge in [-0.15, -0.1) is 11.3 Å². The molecular formula is C23H31N3O3S2. The molecule has 168 valence electrons. The van der Waals surface area contributed by atoms with Crippen molar-refractivity contribution in [3.05, 3.63) is 52.7 Å². The maximum Gasteiger partial charge on any atom is 0.243 e. The summed E-state index contributed by atoms with van der Waals surface area (Å²) in [4.78, 5) is 17.0. The van der Waals surface area contributed by atoms with Gasteiger partial charge in [-0.05, 0) is 61.7 Å². The quantitative estimate of drug-likeness (QED) is 0.688. The van der Waals surface area contributed by atoms with Crippen LogP contribution < -0.4 is 5.32 Å². The molecule has 0 saturated carbocycles. The predicted octanol–water partition coefficient (Wildman–Crippen LogP) is 3.18. The van der Waals surface area contributed by atoms with Gasteiger partial charge in [0.05, 0.1) is 10.8 Å². The van der Waals surface area contributed by atoms with Crippen LogP contribution >= 0.6 is 11.3 Å². The number of carbonyl (C=O) groups excluding carboxylic acids is 1. The van der Waals surface area contributed by atoms with Crippen LogP contribution in [0.1, 0.15) is 30.6 Å². The Bertz CT molecular complexity index is 948. The van der Waals surface area contributed by atoms with E-state index in [0.29, 0.717) is 30.3 Å². The van der Waals surface area contributed by atoms with Crippen molar-refractivity contribution >= 4 is 27.3 Å². The van der Waals surface area contributed by atoms with Crippen molar-refractivity contribution in [2.24, 2.45) is 11.8 Å². The highest BCUT2D eigenvalue weighted by Crippen LogP contribution is 2.24. The molecule has 0 aliphatic carbocycles. The molecule has 31 heavy (non-hydrogen) atoms. The lowest BCUT2D eigenvalue weighted by Crippen LogP contribution is -2.47. The van der Waals surface area contributed by atoms with Crippen LogP contribution in [0.2, 0.25) is 0 Å². The normalized spacial score (nSPS) is 23.5. The number of rotatable bonds is 7. The van der Waals surface area contributed by atoms with Crippen molar-refractivity contribution in [1.82, 2.24) is 14.5 Å². The fourth-order valence-electron chi connectivity index (χ4n) is 4.59. The lowest BCUT2D eigenvalue weighted by atomic mass is 9.96. The van der Waals surface area contributed by atoms with Crippen LogP contribution in [0.4, 0.5) is 0 Å². The van der Waals surface area contributed by atoms with Gasteiger partial charge in [-0.3, -0.25) is 9.69 Å². The Morgan fingerprint density at radius 1 is 1.03 bits per heavy atom. The average Bonchev–Trinajstić information content (AvgIpc) is 3.31. The Labute approximate surface area is 189 Å². The van der Waals surface area contributed by atoms with Crippen LogP contribution in [0, 0.1) is 11.8 Å². The fraction of sp³-hybridized carbons (Fsp3) is 0.522. The van der Waals surface area contributed by atoms with Crippen LogP contribution in [-0.4, -0.2) is 56.3 Å². The molecule has 2 saturated heterocycles. The molecule has 4 rings (SSSR count). The third-order valence-electron chi connectivity index (χ3n) is 6.26. The Morgan fingerprint density at radius 2 is 1.84 bits per heavy atom. The number of hydrogen-bond donors (Lipinski definition) is 1. The average molecular weight is 462 g/mol. The number of nitrogens with one attached hydrogen (secondary N) is 1. The highest BCUT2D eigenvalue weighted by molar-refractivity contribution is 7.89. The number of benzene rings is 1. The van der Waals surface area contributed by atoms with E-state index in [1.165, 1.54) is 9.18 Å². The molecule has 0 spiro atoms. The predicted molar refractivity (Wildman–Crippen MR) is 123 cm³/mol. The third kappa shape index (κ3) is 5.74. The van der Waals surface area contributed by atoms with E-state index in [2.05, 4.69) is 27.7 Å². The molecule has 3 heterocycles. The second kappa shape index (κ2) is 10.3. The van der Waals surface area contributed by atoms with Gasteiger partial charge in [0.1, 0.15) is 0 Å². The van der Waals surface area contributed by atoms with E-state index >= 15 is 0 Å². The summed E-state index contributed by atoms with van der Waals surface area (Å²) in [5.41, 5.74) is 0. The minimum atomic E-state index is -3.55. The summed E-state index contributed by atoms with van der Waals surface area (Å²) in [5, 5.41) is 5.24. The fourth-order valence-corrected chi connectivity index (χ4v) is 6.88. The maximum absolute atomic E-state index is 12.9. The van der Waals surface area contributed by atoms with Crippen LogP contribution in [0.3, 0.4) is 0 Å². The summed E-state index contributed by atoms with van der Waals surface area (Å²) < 4.78 is 27.3. The number of hydrogen-bond acceptors (Lipinski definition) is 5. The molecule has 6 nitrogen and oxygen atoms in total. The molecule has 2 aliphatic heterocycles. The molecule has 1 N–H and O–H groups in total. The van der Waals surface area contributed by atoms with Crippen molar-refractivity contribution in [3.8, 4) is 0 Å². The minimum absolute atomic E-state index is 0.0108. The Balaban J connectivity index is 1.28. The molecule has 2 aromatic rings. The second-order valence-electron chi connectivity index (χ2n) is 8.58. The van der Waals surface area contributed by atoms with Crippen molar-refractivity contribution in [2.45, 2.75) is 37.1 Å². The van der Waals surface area contributed by atoms with E-state index in [4.69, 9.17) is 0 Å². The second-order valence-corrected chi connectivity index (χ2v) is 11.6. The van der Waals surface area contributed by atoms with Crippen molar-refractivity contribution in [2.75, 3.05) is 32.7 Å². The van der Waals surface area contributed by atoms with E-state index in [0.717, 1.165) is 38.9 Å². The number of nitrogens with zero attached hydrogens (tertiary/aromatic N) is 2. The monoisotopic (exact) mass is 461 g/mol. The highest BCUT2D eigenvalue weighted by atomic mass is 32.2. The molecule has 0 bridgehead atoms. The van der Waals surface area contributed by atoms with Crippen molar-refractivity contribution in [3.63, 3.8) is 0 Å². The summed E-state index contributed by atoms with van der Waals surface area (Å²) in [5.74, 6) is 0.159. The van der Waals surface area contributed by atoms with Gasteiger partial charge in [-0.25, -0.2) is 8.42 Å². The minimum Gasteiger partial charge on any atom is -0.355 e. The van der Waals surface area contributed by atoms with E-state index in [1.807, 2.05) is 0 Å². The van der Waals surface area contributed by atoms with Crippen molar-refractivity contribution in [1.29, 1.82) is 0 Å². The molecule has 8 heteroatoms. The Kier molecular flexibility index (Phi) is 7.43. The van der Waals surface area contributed by atoms with Crippen LogP contribution in [0.25, 0.3) is 0 Å². The van der Waals surface area contributed by atoms with Gasteiger partial charge in [0, 0.05) is 37.6 Å². The smallest absolute Gasteiger partial charge is 0.243 e. The zero-order chi connectivity index (χ0) is 21.7. The zero-order valence-corrected chi connectivity index (χ0v) is 19.4. The molecule has 1 amide bonds. The molecule has 1 aromatic carbocycles. The van der Waals surface area contributed by atoms with Gasteiger partial charge in [0.2, 0.25) is 15.9 Å². The summed E-state index contributed by atoms with van der Waals surface area (Å²) in [6.45, 7) is 4.49. The van der Waals surface area contributed by atoms with Crippen LogP contribution in [-0.2, 0) is 21.4 Å². The summed E-state index contributed by atoms with van der Waals surface area (Å²) in [6.07, 6.45) is 3.73. The number of sulfonamides is 1. The SMILES string of the molecule is O=C(NCC1CCCN(Cc2cccs2)C1)C1CCCN(S(=O)(=O)c2ccccc2)C1. The number of thiophene rings is 1. The number of amides is 1. The lowest BCUT2D eigenvalue weighted by Gasteiger charge is -2.34. The van der Waals surface area contributed by atoms with E-state index in [-0.39, 0.29) is 18.4 Å². The largest absolute Gasteiger partial charge is 0.355 e. The van der Waals surface area contributed by atoms with Crippen LogP contribution in [0.5, 0.6) is 0 Å². The molecule has 0 radical (unpaired) electrons. The number of likely N-dealkylation sites (tertiary alicyclic amines) is 1. The van der Waals surface area contributed by atoms with Crippen LogP contribution in [0.15, 0.2) is 52.7 Å². The highest BCUT2D eigenvalue weighted by Gasteiger charge is 2.33. The Morgan fingerprint density at radius 3 is 2.61 bits per heavy atom. The third-order valence-corrected chi connectivity index (χ3v) is 9.00. The number of piperidine rings is 2. The first-order valence-corrected chi connectivity index (χ1v) is 13.4. The molecule has 2 fully saturated rings. The van der Waals surface area contributed by atoms with E-state index < -0.39 is 10.0 Å². The van der Waals surface area contributed by atoms with E-state index in [1.54, 1.807) is 41.7 Å². The zero-order valence-electron chi connectivity index (χ0n) is 17.8. The lowest BCUT2D eigenvalue weighted by molar-refractivity contribution is -0.126. The summed E-state index contributed by atoms with van der Waals surface area (Å²) >= 11 is 1.79. The molecular weight excluding hydrogens is 430 g/mol. The van der Waals surface area contributed by atoms with Gasteiger partial charge >= 0.3 is 0 Å². The van der Waals surface area contributed by atoms with E-state index in [9.17, 15) is 13.2 Å². The standard InChI is InChI=1S/C23H31N3O3S2/c27-23(24-15-19-7-4-12-25(16-19)18-21-9-6-14-30-21)20-8-5-13-26(17-20)31(28,29)22-10-2-1-3-11-22/h1-3,6,9-11,14,19-20H,4-5,7-8,12-13,15-18H2,(H,24,27). The summed E-state index contributed by atoms with van der Waals surface area (Å²) in [7, 11) is -3.55. The van der Waals surface area contributed by atoms with Crippen molar-refractivity contribution < 1.29 is 13.2 Å². The van der Waals surface area contributed by atoms with Gasteiger partial charge in [-0.1, -0.05) is 24.3 Å². The van der Waals surface area contributed by atoms with Gasteiger partial charge in [0.15, 0.2) is 0 Å². The first-order valence-electron chi connectivity index (χ1n) is 11.1. The first-order chi connectivity index (χ1) is 15.0. The number of carbonyl (C=O) groups is 1. The first kappa shape index (κ1) is 22.5. The summed E-state index contributed by atoms with van der Waals surface area (Å²) in [6, 6.07) is 12.8. The topological polar surface area (TPSA) is 69.7 Å². The maximum atomic E-state index is 12.9. The van der Waals surface area contributed by atoms with Gasteiger partial charge < -0.3 is 5.32 Å². The molecule has 1 aromatic heterocycles. The molecule has 2 aliphatic rings.